The molecule has 0 aliphatic heterocycles. The summed E-state index contributed by atoms with van der Waals surface area (Å²) in [7, 11) is 0. The van der Waals surface area contributed by atoms with Gasteiger partial charge < -0.3 is 10.2 Å². The zero-order valence-electron chi connectivity index (χ0n) is 13.3. The van der Waals surface area contributed by atoms with Crippen LogP contribution in [0, 0.1) is 0 Å². The highest BCUT2D eigenvalue weighted by molar-refractivity contribution is 5.54. The third kappa shape index (κ3) is 4.43. The summed E-state index contributed by atoms with van der Waals surface area (Å²) >= 11 is 0. The van der Waals surface area contributed by atoms with E-state index in [1.165, 1.54) is 18.4 Å². The number of phenols is 2. The third-order valence-corrected chi connectivity index (χ3v) is 3.90. The molecule has 0 spiro atoms. The first-order chi connectivity index (χ1) is 9.65. The Labute approximate surface area is 123 Å². The van der Waals surface area contributed by atoms with Gasteiger partial charge in [0.1, 0.15) is 0 Å². The van der Waals surface area contributed by atoms with Crippen molar-refractivity contribution in [3.63, 3.8) is 0 Å². The molecule has 1 aromatic carbocycles. The summed E-state index contributed by atoms with van der Waals surface area (Å²) in [5.41, 5.74) is 3.11. The SMILES string of the molecule is CCCCCc1cc(CCCC)c(O)c(O)c1CCC. The molecule has 0 atom stereocenters. The highest BCUT2D eigenvalue weighted by atomic mass is 16.3. The van der Waals surface area contributed by atoms with Crippen LogP contribution in [0.4, 0.5) is 0 Å². The van der Waals surface area contributed by atoms with Gasteiger partial charge in [-0.05, 0) is 43.2 Å². The molecule has 1 rings (SSSR count). The van der Waals surface area contributed by atoms with Gasteiger partial charge in [0.05, 0.1) is 0 Å². The molecule has 0 bridgehead atoms. The standard InChI is InChI=1S/C18H30O2/c1-4-7-9-12-14-13-15(11-8-5-2)17(19)18(20)16(14)10-6-3/h13,19-20H,4-12H2,1-3H3. The summed E-state index contributed by atoms with van der Waals surface area (Å²) in [6.07, 6.45) is 9.42. The molecule has 2 N–H and O–H groups in total. The second-order valence-electron chi connectivity index (χ2n) is 5.68. The van der Waals surface area contributed by atoms with E-state index in [1.54, 1.807) is 0 Å². The number of aryl methyl sites for hydroxylation is 2. The van der Waals surface area contributed by atoms with Crippen LogP contribution in [-0.2, 0) is 19.3 Å². The average molecular weight is 278 g/mol. The molecular formula is C18H30O2. The van der Waals surface area contributed by atoms with E-state index in [0.29, 0.717) is 0 Å². The maximum absolute atomic E-state index is 10.3. The fourth-order valence-electron chi connectivity index (χ4n) is 2.69. The second kappa shape index (κ2) is 8.89. The van der Waals surface area contributed by atoms with Crippen molar-refractivity contribution < 1.29 is 10.2 Å². The number of benzene rings is 1. The summed E-state index contributed by atoms with van der Waals surface area (Å²) in [5.74, 6) is 0.244. The van der Waals surface area contributed by atoms with E-state index in [0.717, 1.165) is 56.1 Å². The lowest BCUT2D eigenvalue weighted by Gasteiger charge is -2.16. The molecule has 0 radical (unpaired) electrons. The van der Waals surface area contributed by atoms with Crippen molar-refractivity contribution in [2.24, 2.45) is 0 Å². The van der Waals surface area contributed by atoms with Crippen molar-refractivity contribution in [2.45, 2.75) is 78.6 Å². The number of hydrogen-bond acceptors (Lipinski definition) is 2. The average Bonchev–Trinajstić information content (AvgIpc) is 2.45. The highest BCUT2D eigenvalue weighted by Gasteiger charge is 2.16. The summed E-state index contributed by atoms with van der Waals surface area (Å²) in [6.45, 7) is 6.45. The van der Waals surface area contributed by atoms with Gasteiger partial charge in [0.15, 0.2) is 11.5 Å². The number of aromatic hydroxyl groups is 2. The van der Waals surface area contributed by atoms with Crippen LogP contribution in [0.3, 0.4) is 0 Å². The summed E-state index contributed by atoms with van der Waals surface area (Å²) in [6, 6.07) is 2.13. The maximum Gasteiger partial charge on any atom is 0.161 e. The largest absolute Gasteiger partial charge is 0.504 e. The van der Waals surface area contributed by atoms with Gasteiger partial charge in [-0.3, -0.25) is 0 Å². The van der Waals surface area contributed by atoms with Crippen molar-refractivity contribution in [3.05, 3.63) is 22.8 Å². The van der Waals surface area contributed by atoms with E-state index in [4.69, 9.17) is 0 Å². The monoisotopic (exact) mass is 278 g/mol. The van der Waals surface area contributed by atoms with Crippen molar-refractivity contribution >= 4 is 0 Å². The van der Waals surface area contributed by atoms with Crippen molar-refractivity contribution in [3.8, 4) is 11.5 Å². The van der Waals surface area contributed by atoms with Gasteiger partial charge in [-0.25, -0.2) is 0 Å². The van der Waals surface area contributed by atoms with Gasteiger partial charge in [0, 0.05) is 5.56 Å². The minimum atomic E-state index is 0.112. The van der Waals surface area contributed by atoms with E-state index in [-0.39, 0.29) is 11.5 Å². The molecule has 1 aromatic rings. The number of unbranched alkanes of at least 4 members (excludes halogenated alkanes) is 3. The summed E-state index contributed by atoms with van der Waals surface area (Å²) in [5, 5.41) is 20.5. The van der Waals surface area contributed by atoms with E-state index >= 15 is 0 Å². The quantitative estimate of drug-likeness (QED) is 0.486. The molecule has 20 heavy (non-hydrogen) atoms. The number of phenolic OH excluding ortho intramolecular Hbond substituents is 2. The van der Waals surface area contributed by atoms with Crippen LogP contribution in [-0.4, -0.2) is 10.2 Å². The lowest BCUT2D eigenvalue weighted by atomic mass is 9.92. The Bertz CT molecular complexity index is 410. The number of hydrogen-bond donors (Lipinski definition) is 2. The molecule has 0 heterocycles. The molecule has 0 amide bonds. The van der Waals surface area contributed by atoms with E-state index in [2.05, 4.69) is 26.8 Å². The Morgan fingerprint density at radius 3 is 1.95 bits per heavy atom. The Hall–Kier alpha value is -1.18. The zero-order valence-corrected chi connectivity index (χ0v) is 13.3. The van der Waals surface area contributed by atoms with Gasteiger partial charge >= 0.3 is 0 Å². The fraction of sp³-hybridized carbons (Fsp3) is 0.667. The molecule has 2 heteroatoms. The van der Waals surface area contributed by atoms with Crippen LogP contribution >= 0.6 is 0 Å². The van der Waals surface area contributed by atoms with E-state index in [1.807, 2.05) is 0 Å². The molecule has 2 nitrogen and oxygen atoms in total. The van der Waals surface area contributed by atoms with Gasteiger partial charge in [-0.2, -0.15) is 0 Å². The van der Waals surface area contributed by atoms with Gasteiger partial charge in [0.25, 0.3) is 0 Å². The lowest BCUT2D eigenvalue weighted by Crippen LogP contribution is -1.99. The molecule has 0 saturated heterocycles. The van der Waals surface area contributed by atoms with Crippen molar-refractivity contribution in [1.82, 2.24) is 0 Å². The Balaban J connectivity index is 3.04. The van der Waals surface area contributed by atoms with E-state index in [9.17, 15) is 10.2 Å². The molecule has 0 fully saturated rings. The van der Waals surface area contributed by atoms with Crippen LogP contribution in [0.25, 0.3) is 0 Å². The first-order valence-electron chi connectivity index (χ1n) is 8.21. The molecule has 0 aliphatic carbocycles. The third-order valence-electron chi connectivity index (χ3n) is 3.90. The predicted molar refractivity (Wildman–Crippen MR) is 85.6 cm³/mol. The fourth-order valence-corrected chi connectivity index (χ4v) is 2.69. The minimum Gasteiger partial charge on any atom is -0.504 e. The maximum atomic E-state index is 10.3. The summed E-state index contributed by atoms with van der Waals surface area (Å²) < 4.78 is 0. The van der Waals surface area contributed by atoms with Crippen LogP contribution in [0.15, 0.2) is 6.07 Å². The van der Waals surface area contributed by atoms with Gasteiger partial charge in [-0.1, -0.05) is 52.5 Å². The van der Waals surface area contributed by atoms with Crippen LogP contribution in [0.5, 0.6) is 11.5 Å². The smallest absolute Gasteiger partial charge is 0.161 e. The molecule has 0 saturated carbocycles. The molecular weight excluding hydrogens is 248 g/mol. The van der Waals surface area contributed by atoms with Gasteiger partial charge in [-0.15, -0.1) is 0 Å². The normalized spacial score (nSPS) is 10.9. The molecule has 0 aromatic heterocycles. The van der Waals surface area contributed by atoms with Crippen LogP contribution in [0.1, 0.15) is 76.0 Å². The lowest BCUT2D eigenvalue weighted by molar-refractivity contribution is 0.393. The Morgan fingerprint density at radius 2 is 1.35 bits per heavy atom. The van der Waals surface area contributed by atoms with E-state index < -0.39 is 0 Å². The first-order valence-corrected chi connectivity index (χ1v) is 8.21. The van der Waals surface area contributed by atoms with Crippen molar-refractivity contribution in [2.75, 3.05) is 0 Å². The molecule has 0 aliphatic rings. The predicted octanol–water partition coefficient (Wildman–Crippen LogP) is 5.13. The summed E-state index contributed by atoms with van der Waals surface area (Å²) in [4.78, 5) is 0. The minimum absolute atomic E-state index is 0.112. The van der Waals surface area contributed by atoms with Crippen LogP contribution in [0.2, 0.25) is 0 Å². The highest BCUT2D eigenvalue weighted by Crippen LogP contribution is 2.37. The molecule has 0 unspecified atom stereocenters. The molecule has 114 valence electrons. The van der Waals surface area contributed by atoms with Gasteiger partial charge in [0.2, 0.25) is 0 Å². The number of rotatable bonds is 9. The zero-order chi connectivity index (χ0) is 15.0. The first kappa shape index (κ1) is 16.9. The van der Waals surface area contributed by atoms with Crippen LogP contribution < -0.4 is 0 Å². The second-order valence-corrected chi connectivity index (χ2v) is 5.68. The van der Waals surface area contributed by atoms with Crippen molar-refractivity contribution in [1.29, 1.82) is 0 Å². The topological polar surface area (TPSA) is 40.5 Å². The Kier molecular flexibility index (Phi) is 7.50. The Morgan fingerprint density at radius 1 is 0.700 bits per heavy atom.